The predicted molar refractivity (Wildman–Crippen MR) is 221 cm³/mol. The first kappa shape index (κ1) is 28.1. The van der Waals surface area contributed by atoms with Crippen LogP contribution < -0.4 is 48.4 Å². The molecule has 9 heteroatoms. The highest BCUT2D eigenvalue weighted by atomic mass is 16.5. The molecule has 1 aliphatic rings. The molecule has 0 aliphatic carbocycles. The van der Waals surface area contributed by atoms with Gasteiger partial charge in [0.2, 0.25) is 0 Å². The maximum Gasteiger partial charge on any atom is 0.139 e. The number of fused-ring (bicyclic) bond motifs is 4. The molecule has 45 heavy (non-hydrogen) atoms. The zero-order valence-electron chi connectivity index (χ0n) is 27.5. The fourth-order valence-electron chi connectivity index (χ4n) is 8.03. The van der Waals surface area contributed by atoms with E-state index < -0.39 is 0 Å². The molecule has 0 aromatic heterocycles. The van der Waals surface area contributed by atoms with Crippen molar-refractivity contribution in [1.82, 2.24) is 0 Å². The molecule has 0 amide bonds. The van der Waals surface area contributed by atoms with Crippen molar-refractivity contribution in [3.63, 3.8) is 0 Å². The Labute approximate surface area is 272 Å². The maximum atomic E-state index is 6.55. The van der Waals surface area contributed by atoms with E-state index in [1.807, 2.05) is 0 Å². The first-order chi connectivity index (χ1) is 21.7. The van der Waals surface area contributed by atoms with Crippen molar-refractivity contribution >= 4 is 139 Å². The molecule has 0 unspecified atom stereocenters. The van der Waals surface area contributed by atoms with Crippen LogP contribution in [0.1, 0.15) is 0 Å². The fraction of sp³-hybridized carbons (Fsp3) is 0. The van der Waals surface area contributed by atoms with Gasteiger partial charge in [0.05, 0.1) is 0 Å². The molecule has 0 atom stereocenters. The summed E-state index contributed by atoms with van der Waals surface area (Å²) in [4.78, 5) is 0. The summed E-state index contributed by atoms with van der Waals surface area (Å²) in [6.45, 7) is 0. The van der Waals surface area contributed by atoms with Gasteiger partial charge in [-0.05, 0) is 72.9 Å². The van der Waals surface area contributed by atoms with Gasteiger partial charge in [0, 0.05) is 10.9 Å². The SMILES string of the molecule is Bc1c(B)c(B)c2c(-c3ccc4c(c3)-c3cccc5cccc(c35)O4)c3c(B)c(B)c(B)c(B)c3c(-c3ccccc3)c2c1B. The average Bonchev–Trinajstić information content (AvgIpc) is 3.07. The summed E-state index contributed by atoms with van der Waals surface area (Å²) >= 11 is 0. The van der Waals surface area contributed by atoms with Gasteiger partial charge in [-0.2, -0.15) is 0 Å². The van der Waals surface area contributed by atoms with Gasteiger partial charge in [0.1, 0.15) is 74.3 Å². The lowest BCUT2D eigenvalue weighted by Gasteiger charge is -2.28. The Morgan fingerprint density at radius 3 is 1.42 bits per heavy atom. The topological polar surface area (TPSA) is 9.23 Å². The molecule has 204 valence electrons. The quantitative estimate of drug-likeness (QED) is 0.155. The van der Waals surface area contributed by atoms with Gasteiger partial charge in [-0.25, -0.2) is 0 Å². The normalized spacial score (nSPS) is 12.0. The molecule has 0 bridgehead atoms. The molecular formula is C36H30B8O. The molecule has 7 aromatic rings. The largest absolute Gasteiger partial charge is 0.456 e. The van der Waals surface area contributed by atoms with E-state index in [1.54, 1.807) is 0 Å². The summed E-state index contributed by atoms with van der Waals surface area (Å²) in [5.41, 5.74) is 18.5. The minimum atomic E-state index is 0.916. The highest BCUT2D eigenvalue weighted by Gasteiger charge is 2.26. The Morgan fingerprint density at radius 1 is 0.356 bits per heavy atom. The zero-order valence-corrected chi connectivity index (χ0v) is 27.5. The monoisotopic (exact) mass is 566 g/mol. The second-order valence-electron chi connectivity index (χ2n) is 13.1. The second-order valence-corrected chi connectivity index (χ2v) is 13.1. The number of hydrogen-bond donors (Lipinski definition) is 0. The van der Waals surface area contributed by atoms with E-state index in [4.69, 9.17) is 4.74 Å². The average molecular weight is 565 g/mol. The third kappa shape index (κ3) is 3.86. The molecule has 7 aromatic carbocycles. The molecule has 0 spiro atoms. The van der Waals surface area contributed by atoms with Crippen LogP contribution >= 0.6 is 0 Å². The van der Waals surface area contributed by atoms with Gasteiger partial charge in [-0.15, -0.1) is 21.9 Å². The number of rotatable bonds is 2. The highest BCUT2D eigenvalue weighted by Crippen LogP contribution is 2.49. The van der Waals surface area contributed by atoms with Crippen molar-refractivity contribution in [2.75, 3.05) is 0 Å². The Hall–Kier alpha value is -4.36. The van der Waals surface area contributed by atoms with Gasteiger partial charge >= 0.3 is 0 Å². The van der Waals surface area contributed by atoms with Crippen molar-refractivity contribution in [2.45, 2.75) is 0 Å². The van der Waals surface area contributed by atoms with Crippen LogP contribution in [0.5, 0.6) is 11.5 Å². The van der Waals surface area contributed by atoms with Crippen molar-refractivity contribution in [1.29, 1.82) is 0 Å². The number of ether oxygens (including phenoxy) is 1. The van der Waals surface area contributed by atoms with Crippen molar-refractivity contribution in [3.8, 4) is 44.9 Å². The smallest absolute Gasteiger partial charge is 0.139 e. The summed E-state index contributed by atoms with van der Waals surface area (Å²) < 4.78 is 6.55. The first-order valence-electron chi connectivity index (χ1n) is 16.0. The Balaban J connectivity index is 1.61. The van der Waals surface area contributed by atoms with Crippen LogP contribution in [-0.4, -0.2) is 62.8 Å². The van der Waals surface area contributed by atoms with Crippen molar-refractivity contribution < 1.29 is 4.74 Å². The fourth-order valence-corrected chi connectivity index (χ4v) is 8.03. The Bertz CT molecular complexity index is 2350. The van der Waals surface area contributed by atoms with Gasteiger partial charge in [0.25, 0.3) is 0 Å². The van der Waals surface area contributed by atoms with E-state index in [-0.39, 0.29) is 0 Å². The summed E-state index contributed by atoms with van der Waals surface area (Å²) in [6, 6.07) is 30.9. The summed E-state index contributed by atoms with van der Waals surface area (Å²) in [5.74, 6) is 1.85. The molecule has 1 aliphatic heterocycles. The van der Waals surface area contributed by atoms with E-state index in [1.165, 1.54) is 104 Å². The van der Waals surface area contributed by atoms with Gasteiger partial charge < -0.3 is 4.74 Å². The molecule has 0 saturated carbocycles. The summed E-state index contributed by atoms with van der Waals surface area (Å²) in [7, 11) is 18.5. The third-order valence-electron chi connectivity index (χ3n) is 11.1. The van der Waals surface area contributed by atoms with Crippen LogP contribution in [0.2, 0.25) is 0 Å². The first-order valence-corrected chi connectivity index (χ1v) is 16.0. The van der Waals surface area contributed by atoms with Crippen molar-refractivity contribution in [3.05, 3.63) is 84.9 Å². The molecule has 1 nitrogen and oxygen atoms in total. The Kier molecular flexibility index (Phi) is 6.30. The molecular weight excluding hydrogens is 535 g/mol. The molecule has 0 N–H and O–H groups in total. The standard InChI is InChI=1S/C36H30B8O/c37-29-25-23(16-6-2-1-3-7-16)26-28(32(40)36(44)34(42)30(26)38)24(27(25)31(39)35(43)33(29)41)17-12-13-20-19(14-17)18-10-4-8-15-9-5-11-21(45-20)22(15)18/h1-14H,37-44H2. The van der Waals surface area contributed by atoms with Gasteiger partial charge in [0.15, 0.2) is 0 Å². The minimum Gasteiger partial charge on any atom is -0.456 e. The van der Waals surface area contributed by atoms with E-state index in [0.29, 0.717) is 0 Å². The maximum absolute atomic E-state index is 6.55. The summed E-state index contributed by atoms with van der Waals surface area (Å²) in [5, 5.41) is 7.87. The van der Waals surface area contributed by atoms with Crippen LogP contribution in [0.3, 0.4) is 0 Å². The van der Waals surface area contributed by atoms with E-state index in [0.717, 1.165) is 17.1 Å². The van der Waals surface area contributed by atoms with E-state index in [9.17, 15) is 0 Å². The second kappa shape index (κ2) is 10.1. The molecule has 0 fully saturated rings. The molecule has 8 rings (SSSR count). The van der Waals surface area contributed by atoms with Crippen LogP contribution in [0, 0.1) is 0 Å². The van der Waals surface area contributed by atoms with Crippen LogP contribution in [0.15, 0.2) is 84.9 Å². The van der Waals surface area contributed by atoms with Gasteiger partial charge in [-0.1, -0.05) is 88.6 Å². The number of benzene rings is 7. The molecule has 0 radical (unpaired) electrons. The number of hydrogen-bond acceptors (Lipinski definition) is 1. The van der Waals surface area contributed by atoms with E-state index in [2.05, 4.69) is 148 Å². The Morgan fingerprint density at radius 2 is 0.867 bits per heavy atom. The molecule has 0 saturated heterocycles. The zero-order chi connectivity index (χ0) is 31.3. The summed E-state index contributed by atoms with van der Waals surface area (Å²) in [6.07, 6.45) is 0. The van der Waals surface area contributed by atoms with Gasteiger partial charge in [-0.3, -0.25) is 0 Å². The van der Waals surface area contributed by atoms with Crippen LogP contribution in [0.25, 0.3) is 65.7 Å². The van der Waals surface area contributed by atoms with Crippen molar-refractivity contribution in [2.24, 2.45) is 0 Å². The lowest BCUT2D eigenvalue weighted by molar-refractivity contribution is 0.487. The van der Waals surface area contributed by atoms with E-state index >= 15 is 0 Å². The lowest BCUT2D eigenvalue weighted by Crippen LogP contribution is -2.50. The van der Waals surface area contributed by atoms with Crippen LogP contribution in [-0.2, 0) is 0 Å². The van der Waals surface area contributed by atoms with Crippen LogP contribution in [0.4, 0.5) is 0 Å². The predicted octanol–water partition coefficient (Wildman–Crippen LogP) is -3.68. The minimum absolute atomic E-state index is 0.916. The highest BCUT2D eigenvalue weighted by molar-refractivity contribution is 6.71. The third-order valence-corrected chi connectivity index (χ3v) is 11.1. The lowest BCUT2D eigenvalue weighted by atomic mass is 9.59. The molecule has 1 heterocycles.